The summed E-state index contributed by atoms with van der Waals surface area (Å²) >= 11 is 6.18. The molecule has 0 spiro atoms. The molecule has 4 rings (SSSR count). The van der Waals surface area contributed by atoms with E-state index in [1.807, 2.05) is 43.3 Å². The number of rotatable bonds is 7. The summed E-state index contributed by atoms with van der Waals surface area (Å²) in [5.41, 5.74) is 4.53. The zero-order chi connectivity index (χ0) is 25.7. The summed E-state index contributed by atoms with van der Waals surface area (Å²) in [6.07, 6.45) is 1.42. The number of likely N-dealkylation sites (tertiary alicyclic amines) is 1. The number of carbonyl (C=O) groups excluding carboxylic acids is 2. The van der Waals surface area contributed by atoms with Gasteiger partial charge in [-0.15, -0.1) is 0 Å². The van der Waals surface area contributed by atoms with E-state index in [9.17, 15) is 19.5 Å². The molecule has 1 aliphatic rings. The van der Waals surface area contributed by atoms with Gasteiger partial charge >= 0.3 is 5.97 Å². The van der Waals surface area contributed by atoms with Crippen LogP contribution in [0.3, 0.4) is 0 Å². The number of hydrogen-bond acceptors (Lipinski definition) is 3. The molecule has 0 saturated carbocycles. The van der Waals surface area contributed by atoms with Crippen molar-refractivity contribution in [2.24, 2.45) is 5.92 Å². The third-order valence-corrected chi connectivity index (χ3v) is 6.91. The van der Waals surface area contributed by atoms with Gasteiger partial charge in [0.1, 0.15) is 6.04 Å². The Kier molecular flexibility index (Phi) is 8.06. The zero-order valence-corrected chi connectivity index (χ0v) is 20.9. The van der Waals surface area contributed by atoms with Gasteiger partial charge in [0.25, 0.3) is 5.91 Å². The molecule has 2 amide bonds. The van der Waals surface area contributed by atoms with Crippen LogP contribution in [-0.4, -0.2) is 46.9 Å². The number of aryl methyl sites for hydroxylation is 1. The standard InChI is InChI=1S/C29H29ClN2O4/c1-19-8-12-21(13-9-19)22-14-10-20(11-15-22)17-26(29(35)36)31-27(33)23-5-4-16-32(18-23)28(34)24-6-2-3-7-25(24)30/h2-3,6-15,23,26H,4-5,16-18H2,1H3,(H,31,33)(H,35,36)/t23?,26-/m0/s1. The molecule has 1 aliphatic heterocycles. The van der Waals surface area contributed by atoms with Crippen molar-refractivity contribution < 1.29 is 19.5 Å². The van der Waals surface area contributed by atoms with Gasteiger partial charge in [0.05, 0.1) is 16.5 Å². The van der Waals surface area contributed by atoms with Gasteiger partial charge < -0.3 is 15.3 Å². The molecule has 6 nitrogen and oxygen atoms in total. The molecule has 1 saturated heterocycles. The molecular weight excluding hydrogens is 476 g/mol. The van der Waals surface area contributed by atoms with Crippen LogP contribution in [0.15, 0.2) is 72.8 Å². The monoisotopic (exact) mass is 504 g/mol. The predicted molar refractivity (Wildman–Crippen MR) is 140 cm³/mol. The largest absolute Gasteiger partial charge is 0.480 e. The van der Waals surface area contributed by atoms with Crippen LogP contribution in [0.5, 0.6) is 0 Å². The molecule has 0 radical (unpaired) electrons. The third-order valence-electron chi connectivity index (χ3n) is 6.58. The van der Waals surface area contributed by atoms with Crippen molar-refractivity contribution >= 4 is 29.4 Å². The zero-order valence-electron chi connectivity index (χ0n) is 20.1. The van der Waals surface area contributed by atoms with Gasteiger partial charge in [0, 0.05) is 19.5 Å². The highest BCUT2D eigenvalue weighted by Crippen LogP contribution is 2.23. The second-order valence-electron chi connectivity index (χ2n) is 9.24. The van der Waals surface area contributed by atoms with E-state index < -0.39 is 17.9 Å². The molecule has 36 heavy (non-hydrogen) atoms. The SMILES string of the molecule is Cc1ccc(-c2ccc(C[C@H](NC(=O)C3CCCN(C(=O)c4ccccc4Cl)C3)C(=O)O)cc2)cc1. The van der Waals surface area contributed by atoms with E-state index in [2.05, 4.69) is 17.4 Å². The lowest BCUT2D eigenvalue weighted by molar-refractivity contribution is -0.142. The Morgan fingerprint density at radius 2 is 1.64 bits per heavy atom. The predicted octanol–water partition coefficient (Wildman–Crippen LogP) is 4.98. The van der Waals surface area contributed by atoms with Crippen molar-refractivity contribution in [3.05, 3.63) is 94.5 Å². The lowest BCUT2D eigenvalue weighted by atomic mass is 9.95. The van der Waals surface area contributed by atoms with E-state index in [0.717, 1.165) is 16.7 Å². The van der Waals surface area contributed by atoms with Crippen molar-refractivity contribution in [2.75, 3.05) is 13.1 Å². The van der Waals surface area contributed by atoms with Gasteiger partial charge in [-0.1, -0.05) is 77.8 Å². The van der Waals surface area contributed by atoms with Crippen LogP contribution in [0, 0.1) is 12.8 Å². The Morgan fingerprint density at radius 1 is 1.00 bits per heavy atom. The fraction of sp³-hybridized carbons (Fsp3) is 0.276. The van der Waals surface area contributed by atoms with Crippen LogP contribution in [0.4, 0.5) is 0 Å². The molecule has 7 heteroatoms. The number of halogens is 1. The van der Waals surface area contributed by atoms with E-state index in [1.54, 1.807) is 29.2 Å². The molecule has 1 fully saturated rings. The highest BCUT2D eigenvalue weighted by molar-refractivity contribution is 6.33. The molecule has 2 atom stereocenters. The van der Waals surface area contributed by atoms with Crippen LogP contribution >= 0.6 is 11.6 Å². The fourth-order valence-corrected chi connectivity index (χ4v) is 4.70. The summed E-state index contributed by atoms with van der Waals surface area (Å²) in [6, 6.07) is 21.7. The molecule has 0 aliphatic carbocycles. The first-order valence-corrected chi connectivity index (χ1v) is 12.4. The number of amides is 2. The number of carboxylic acid groups (broad SMARTS) is 1. The maximum absolute atomic E-state index is 13.0. The van der Waals surface area contributed by atoms with Crippen molar-refractivity contribution in [1.82, 2.24) is 10.2 Å². The quantitative estimate of drug-likeness (QED) is 0.475. The summed E-state index contributed by atoms with van der Waals surface area (Å²) in [6.45, 7) is 2.80. The van der Waals surface area contributed by atoms with Gasteiger partial charge in [0.15, 0.2) is 0 Å². The first-order chi connectivity index (χ1) is 17.3. The number of carboxylic acids is 1. The Labute approximate surface area is 215 Å². The van der Waals surface area contributed by atoms with Crippen molar-refractivity contribution in [1.29, 1.82) is 0 Å². The molecule has 1 unspecified atom stereocenters. The van der Waals surface area contributed by atoms with Crippen LogP contribution in [-0.2, 0) is 16.0 Å². The molecule has 186 valence electrons. The number of piperidine rings is 1. The Morgan fingerprint density at radius 3 is 2.28 bits per heavy atom. The minimum absolute atomic E-state index is 0.171. The molecule has 3 aromatic carbocycles. The van der Waals surface area contributed by atoms with Gasteiger partial charge in [-0.2, -0.15) is 0 Å². The molecular formula is C29H29ClN2O4. The van der Waals surface area contributed by atoms with E-state index in [-0.39, 0.29) is 24.8 Å². The topological polar surface area (TPSA) is 86.7 Å². The third kappa shape index (κ3) is 6.13. The van der Waals surface area contributed by atoms with Crippen LogP contribution < -0.4 is 5.32 Å². The number of benzene rings is 3. The maximum atomic E-state index is 13.0. The van der Waals surface area contributed by atoms with Gasteiger partial charge in [-0.05, 0) is 48.6 Å². The van der Waals surface area contributed by atoms with E-state index >= 15 is 0 Å². The second kappa shape index (κ2) is 11.4. The summed E-state index contributed by atoms with van der Waals surface area (Å²) in [4.78, 5) is 39.5. The molecule has 1 heterocycles. The molecule has 0 aromatic heterocycles. The Balaban J connectivity index is 1.39. The summed E-state index contributed by atoms with van der Waals surface area (Å²) in [5, 5.41) is 12.8. The fourth-order valence-electron chi connectivity index (χ4n) is 4.49. The Hall–Kier alpha value is -3.64. The normalized spacial score (nSPS) is 16.3. The minimum atomic E-state index is -1.09. The average molecular weight is 505 g/mol. The van der Waals surface area contributed by atoms with Crippen LogP contribution in [0.1, 0.15) is 34.3 Å². The van der Waals surface area contributed by atoms with E-state index in [1.165, 1.54) is 5.56 Å². The maximum Gasteiger partial charge on any atom is 0.326 e. The minimum Gasteiger partial charge on any atom is -0.480 e. The summed E-state index contributed by atoms with van der Waals surface area (Å²) < 4.78 is 0. The lowest BCUT2D eigenvalue weighted by Gasteiger charge is -2.33. The summed E-state index contributed by atoms with van der Waals surface area (Å²) in [5.74, 6) is -2.14. The number of carbonyl (C=O) groups is 3. The van der Waals surface area contributed by atoms with Gasteiger partial charge in [0.2, 0.25) is 5.91 Å². The van der Waals surface area contributed by atoms with Crippen LogP contribution in [0.2, 0.25) is 5.02 Å². The van der Waals surface area contributed by atoms with Crippen LogP contribution in [0.25, 0.3) is 11.1 Å². The number of nitrogens with zero attached hydrogens (tertiary/aromatic N) is 1. The highest BCUT2D eigenvalue weighted by atomic mass is 35.5. The first-order valence-electron chi connectivity index (χ1n) is 12.0. The highest BCUT2D eigenvalue weighted by Gasteiger charge is 2.32. The number of hydrogen-bond donors (Lipinski definition) is 2. The Bertz CT molecular complexity index is 1240. The van der Waals surface area contributed by atoms with Crippen molar-refractivity contribution in [2.45, 2.75) is 32.2 Å². The number of nitrogens with one attached hydrogen (secondary N) is 1. The molecule has 0 bridgehead atoms. The second-order valence-corrected chi connectivity index (χ2v) is 9.64. The summed E-state index contributed by atoms with van der Waals surface area (Å²) in [7, 11) is 0. The van der Waals surface area contributed by atoms with E-state index in [0.29, 0.717) is 30.0 Å². The molecule has 2 N–H and O–H groups in total. The van der Waals surface area contributed by atoms with Crippen molar-refractivity contribution in [3.8, 4) is 11.1 Å². The van der Waals surface area contributed by atoms with Crippen molar-refractivity contribution in [3.63, 3.8) is 0 Å². The average Bonchev–Trinajstić information content (AvgIpc) is 2.89. The lowest BCUT2D eigenvalue weighted by Crippen LogP contribution is -2.50. The first kappa shape index (κ1) is 25.5. The number of aliphatic carboxylic acids is 1. The van der Waals surface area contributed by atoms with Gasteiger partial charge in [-0.25, -0.2) is 4.79 Å². The smallest absolute Gasteiger partial charge is 0.326 e. The molecule has 3 aromatic rings. The van der Waals surface area contributed by atoms with Gasteiger partial charge in [-0.3, -0.25) is 9.59 Å². The van der Waals surface area contributed by atoms with E-state index in [4.69, 9.17) is 11.6 Å².